The molecule has 1 aromatic rings. The van der Waals surface area contributed by atoms with E-state index in [1.807, 2.05) is 19.9 Å². The lowest BCUT2D eigenvalue weighted by Crippen LogP contribution is -2.17. The molecule has 1 amide bonds. The Bertz CT molecular complexity index is 534. The Labute approximate surface area is 119 Å². The first-order valence-corrected chi connectivity index (χ1v) is 6.63. The minimum atomic E-state index is -0.318. The van der Waals surface area contributed by atoms with Crippen molar-refractivity contribution in [1.29, 1.82) is 0 Å². The molecule has 5 heteroatoms. The predicted octanol–water partition coefficient (Wildman–Crippen LogP) is 3.13. The molecule has 1 aromatic heterocycles. The van der Waals surface area contributed by atoms with Gasteiger partial charge in [-0.25, -0.2) is 5.43 Å². The number of aromatic nitrogens is 2. The highest BCUT2D eigenvalue weighted by Gasteiger charge is 2.06. The van der Waals surface area contributed by atoms with Gasteiger partial charge in [0.1, 0.15) is 0 Å². The van der Waals surface area contributed by atoms with Crippen molar-refractivity contribution >= 4 is 12.1 Å². The Morgan fingerprint density at radius 1 is 1.45 bits per heavy atom. The summed E-state index contributed by atoms with van der Waals surface area (Å²) in [5.74, 6) is -0.318. The van der Waals surface area contributed by atoms with Gasteiger partial charge in [-0.05, 0) is 52.7 Å². The number of rotatable bonds is 6. The van der Waals surface area contributed by atoms with Crippen LogP contribution in [-0.4, -0.2) is 22.3 Å². The number of carbonyl (C=O) groups is 1. The molecule has 0 aliphatic heterocycles. The second-order valence-electron chi connectivity index (χ2n) is 4.99. The Morgan fingerprint density at radius 3 is 2.80 bits per heavy atom. The summed E-state index contributed by atoms with van der Waals surface area (Å²) >= 11 is 0. The summed E-state index contributed by atoms with van der Waals surface area (Å²) in [5, 5.41) is 10.4. The second-order valence-corrected chi connectivity index (χ2v) is 4.99. The van der Waals surface area contributed by atoms with Gasteiger partial charge in [0.15, 0.2) is 5.69 Å². The molecule has 108 valence electrons. The zero-order valence-electron chi connectivity index (χ0n) is 12.5. The number of nitrogens with zero attached hydrogens (tertiary/aromatic N) is 2. The van der Waals surface area contributed by atoms with E-state index < -0.39 is 0 Å². The zero-order chi connectivity index (χ0) is 15.0. The maximum atomic E-state index is 11.6. The van der Waals surface area contributed by atoms with Gasteiger partial charge in [-0.15, -0.1) is 0 Å². The average Bonchev–Trinajstić information content (AvgIpc) is 2.80. The van der Waals surface area contributed by atoms with Gasteiger partial charge in [0, 0.05) is 11.9 Å². The van der Waals surface area contributed by atoms with Gasteiger partial charge < -0.3 is 0 Å². The SMILES string of the molecule is CC(C)=CCC/C(C)=C/C=N/NC(=O)c1cc(C)[nH]n1. The molecule has 2 N–H and O–H groups in total. The molecule has 0 aliphatic rings. The molecular formula is C15H22N4O. The average molecular weight is 274 g/mol. The van der Waals surface area contributed by atoms with Crippen LogP contribution in [0.5, 0.6) is 0 Å². The zero-order valence-corrected chi connectivity index (χ0v) is 12.5. The first-order chi connectivity index (χ1) is 9.49. The van der Waals surface area contributed by atoms with E-state index in [0.29, 0.717) is 5.69 Å². The highest BCUT2D eigenvalue weighted by atomic mass is 16.2. The van der Waals surface area contributed by atoms with Crippen LogP contribution in [-0.2, 0) is 0 Å². The first-order valence-electron chi connectivity index (χ1n) is 6.63. The van der Waals surface area contributed by atoms with Gasteiger partial charge in [0.2, 0.25) is 0 Å². The van der Waals surface area contributed by atoms with Crippen LogP contribution in [0.1, 0.15) is 49.8 Å². The Hall–Kier alpha value is -2.17. The van der Waals surface area contributed by atoms with Gasteiger partial charge in [-0.1, -0.05) is 17.2 Å². The van der Waals surface area contributed by atoms with Gasteiger partial charge >= 0.3 is 0 Å². The van der Waals surface area contributed by atoms with Crippen LogP contribution in [0.4, 0.5) is 0 Å². The van der Waals surface area contributed by atoms with Crippen molar-refractivity contribution in [2.45, 2.75) is 40.5 Å². The smallest absolute Gasteiger partial charge is 0.282 e. The van der Waals surface area contributed by atoms with E-state index >= 15 is 0 Å². The van der Waals surface area contributed by atoms with Gasteiger partial charge in [0.25, 0.3) is 5.91 Å². The number of nitrogens with one attached hydrogen (secondary N) is 2. The predicted molar refractivity (Wildman–Crippen MR) is 81.7 cm³/mol. The van der Waals surface area contributed by atoms with Crippen molar-refractivity contribution in [3.8, 4) is 0 Å². The number of hydrazone groups is 1. The van der Waals surface area contributed by atoms with E-state index in [1.165, 1.54) is 11.1 Å². The Balaban J connectivity index is 2.37. The topological polar surface area (TPSA) is 70.1 Å². The number of carbonyl (C=O) groups excluding carboxylic acids is 1. The molecule has 0 atom stereocenters. The molecule has 20 heavy (non-hydrogen) atoms. The summed E-state index contributed by atoms with van der Waals surface area (Å²) in [5.41, 5.74) is 6.16. The highest BCUT2D eigenvalue weighted by molar-refractivity contribution is 5.92. The normalized spacial score (nSPS) is 11.7. The van der Waals surface area contributed by atoms with Gasteiger partial charge in [-0.3, -0.25) is 9.89 Å². The fourth-order valence-corrected chi connectivity index (χ4v) is 1.52. The molecule has 0 spiro atoms. The molecule has 0 bridgehead atoms. The van der Waals surface area contributed by atoms with Crippen molar-refractivity contribution in [3.63, 3.8) is 0 Å². The van der Waals surface area contributed by atoms with Gasteiger partial charge in [-0.2, -0.15) is 10.2 Å². The van der Waals surface area contributed by atoms with Crippen LogP contribution in [0, 0.1) is 6.92 Å². The summed E-state index contributed by atoms with van der Waals surface area (Å²) in [4.78, 5) is 11.6. The lowest BCUT2D eigenvalue weighted by Gasteiger charge is -1.97. The summed E-state index contributed by atoms with van der Waals surface area (Å²) < 4.78 is 0. The number of hydrogen-bond donors (Lipinski definition) is 2. The van der Waals surface area contributed by atoms with Crippen LogP contribution in [0.15, 0.2) is 34.5 Å². The largest absolute Gasteiger partial charge is 0.291 e. The molecule has 1 heterocycles. The standard InChI is InChI=1S/C15H22N4O/c1-11(2)6-5-7-12(3)8-9-16-19-15(20)14-10-13(4)17-18-14/h6,8-10H,5,7H2,1-4H3,(H,17,18)(H,19,20)/b12-8+,16-9+. The van der Waals surface area contributed by atoms with Crippen LogP contribution in [0.3, 0.4) is 0 Å². The molecule has 0 saturated carbocycles. The van der Waals surface area contributed by atoms with E-state index in [2.05, 4.69) is 40.6 Å². The molecule has 0 unspecified atom stereocenters. The molecule has 0 fully saturated rings. The minimum Gasteiger partial charge on any atom is -0.282 e. The van der Waals surface area contributed by atoms with E-state index in [-0.39, 0.29) is 5.91 Å². The number of aryl methyl sites for hydroxylation is 1. The first kappa shape index (κ1) is 15.9. The summed E-state index contributed by atoms with van der Waals surface area (Å²) in [6, 6.07) is 1.67. The molecule has 1 rings (SSSR count). The molecule has 0 aromatic carbocycles. The van der Waals surface area contributed by atoms with Crippen LogP contribution < -0.4 is 5.43 Å². The van der Waals surface area contributed by atoms with E-state index in [0.717, 1.165) is 18.5 Å². The Morgan fingerprint density at radius 2 is 2.20 bits per heavy atom. The summed E-state index contributed by atoms with van der Waals surface area (Å²) in [7, 11) is 0. The molecule has 0 radical (unpaired) electrons. The van der Waals surface area contributed by atoms with Crippen LogP contribution in [0.25, 0.3) is 0 Å². The van der Waals surface area contributed by atoms with Crippen LogP contribution >= 0.6 is 0 Å². The number of aromatic amines is 1. The summed E-state index contributed by atoms with van der Waals surface area (Å²) in [6.07, 6.45) is 7.71. The van der Waals surface area contributed by atoms with E-state index in [9.17, 15) is 4.79 Å². The fourth-order valence-electron chi connectivity index (χ4n) is 1.52. The fraction of sp³-hybridized carbons (Fsp3) is 0.400. The third-order valence-corrected chi connectivity index (χ3v) is 2.63. The third kappa shape index (κ3) is 6.13. The van der Waals surface area contributed by atoms with Crippen molar-refractivity contribution in [2.24, 2.45) is 5.10 Å². The number of amides is 1. The maximum absolute atomic E-state index is 11.6. The van der Waals surface area contributed by atoms with Crippen LogP contribution in [0.2, 0.25) is 0 Å². The molecule has 0 aliphatic carbocycles. The van der Waals surface area contributed by atoms with Crippen molar-refractivity contribution < 1.29 is 4.79 Å². The molecular weight excluding hydrogens is 252 g/mol. The van der Waals surface area contributed by atoms with E-state index in [1.54, 1.807) is 12.3 Å². The number of hydrogen-bond acceptors (Lipinski definition) is 3. The van der Waals surface area contributed by atoms with Crippen molar-refractivity contribution in [2.75, 3.05) is 0 Å². The monoisotopic (exact) mass is 274 g/mol. The van der Waals surface area contributed by atoms with Gasteiger partial charge in [0.05, 0.1) is 0 Å². The minimum absolute atomic E-state index is 0.318. The maximum Gasteiger partial charge on any atom is 0.291 e. The Kier molecular flexibility index (Phi) is 6.43. The number of allylic oxidation sites excluding steroid dienone is 4. The lowest BCUT2D eigenvalue weighted by molar-refractivity contribution is 0.0950. The van der Waals surface area contributed by atoms with Crippen molar-refractivity contribution in [1.82, 2.24) is 15.6 Å². The number of H-pyrrole nitrogens is 1. The quantitative estimate of drug-likeness (QED) is 0.475. The lowest BCUT2D eigenvalue weighted by atomic mass is 10.1. The van der Waals surface area contributed by atoms with E-state index in [4.69, 9.17) is 0 Å². The van der Waals surface area contributed by atoms with Crippen molar-refractivity contribution in [3.05, 3.63) is 40.8 Å². The third-order valence-electron chi connectivity index (χ3n) is 2.63. The summed E-state index contributed by atoms with van der Waals surface area (Å²) in [6.45, 7) is 8.06. The molecule has 0 saturated heterocycles. The highest BCUT2D eigenvalue weighted by Crippen LogP contribution is 2.05. The molecule has 5 nitrogen and oxygen atoms in total. The second kappa shape index (κ2) is 8.09.